The normalized spacial score (nSPS) is 13.5. The van der Waals surface area contributed by atoms with Gasteiger partial charge in [0.1, 0.15) is 13.2 Å². The predicted molar refractivity (Wildman–Crippen MR) is 113 cm³/mol. The van der Waals surface area contributed by atoms with Gasteiger partial charge in [-0.25, -0.2) is 0 Å². The molecule has 162 valence electrons. The van der Waals surface area contributed by atoms with Crippen molar-refractivity contribution in [3.8, 4) is 28.7 Å². The van der Waals surface area contributed by atoms with Crippen molar-refractivity contribution in [1.82, 2.24) is 5.32 Å². The number of carbonyl (C=O) groups excluding carboxylic acids is 1. The van der Waals surface area contributed by atoms with Crippen LogP contribution in [-0.2, 0) is 11.2 Å². The third-order valence-corrected chi connectivity index (χ3v) is 5.00. The summed E-state index contributed by atoms with van der Waals surface area (Å²) in [6, 6.07) is 9.22. The van der Waals surface area contributed by atoms with Crippen LogP contribution in [0.5, 0.6) is 28.7 Å². The van der Waals surface area contributed by atoms with Gasteiger partial charge in [-0.1, -0.05) is 19.9 Å². The third-order valence-electron chi connectivity index (χ3n) is 5.00. The summed E-state index contributed by atoms with van der Waals surface area (Å²) in [5.41, 5.74) is 1.75. The zero-order valence-corrected chi connectivity index (χ0v) is 18.1. The van der Waals surface area contributed by atoms with Gasteiger partial charge in [-0.2, -0.15) is 0 Å². The van der Waals surface area contributed by atoms with Crippen molar-refractivity contribution in [2.45, 2.75) is 26.3 Å². The molecular weight excluding hydrogens is 386 g/mol. The Labute approximate surface area is 177 Å². The Morgan fingerprint density at radius 3 is 2.17 bits per heavy atom. The maximum atomic E-state index is 12.9. The zero-order valence-electron chi connectivity index (χ0n) is 18.1. The highest BCUT2D eigenvalue weighted by Gasteiger charge is 2.22. The molecule has 3 rings (SSSR count). The number of fused-ring (bicyclic) bond motifs is 1. The first-order valence-electron chi connectivity index (χ1n) is 9.94. The van der Waals surface area contributed by atoms with Crippen LogP contribution in [0, 0.1) is 5.92 Å². The molecule has 7 nitrogen and oxygen atoms in total. The van der Waals surface area contributed by atoms with Crippen LogP contribution in [0.25, 0.3) is 0 Å². The first kappa shape index (κ1) is 21.6. The average Bonchev–Trinajstić information content (AvgIpc) is 2.76. The van der Waals surface area contributed by atoms with E-state index in [9.17, 15) is 4.79 Å². The molecule has 2 aromatic rings. The largest absolute Gasteiger partial charge is 0.493 e. The summed E-state index contributed by atoms with van der Waals surface area (Å²) < 4.78 is 27.4. The van der Waals surface area contributed by atoms with E-state index >= 15 is 0 Å². The summed E-state index contributed by atoms with van der Waals surface area (Å²) in [6.07, 6.45) is 0.185. The van der Waals surface area contributed by atoms with E-state index in [1.165, 1.54) is 0 Å². The van der Waals surface area contributed by atoms with E-state index in [-0.39, 0.29) is 24.3 Å². The van der Waals surface area contributed by atoms with Gasteiger partial charge in [-0.15, -0.1) is 0 Å². The van der Waals surface area contributed by atoms with Crippen LogP contribution in [0.3, 0.4) is 0 Å². The van der Waals surface area contributed by atoms with Crippen molar-refractivity contribution in [2.24, 2.45) is 5.92 Å². The van der Waals surface area contributed by atoms with Crippen LogP contribution in [0.2, 0.25) is 0 Å². The van der Waals surface area contributed by atoms with Crippen LogP contribution >= 0.6 is 0 Å². The zero-order chi connectivity index (χ0) is 21.7. The average molecular weight is 415 g/mol. The fourth-order valence-corrected chi connectivity index (χ4v) is 3.54. The number of hydrogen-bond donors (Lipinski definition) is 1. The van der Waals surface area contributed by atoms with Gasteiger partial charge in [0.25, 0.3) is 0 Å². The van der Waals surface area contributed by atoms with Crippen LogP contribution in [0.1, 0.15) is 31.0 Å². The number of rotatable bonds is 8. The number of nitrogens with one attached hydrogen (secondary N) is 1. The lowest BCUT2D eigenvalue weighted by molar-refractivity contribution is -0.121. The summed E-state index contributed by atoms with van der Waals surface area (Å²) in [7, 11) is 4.66. The molecular formula is C23H29NO6. The molecule has 0 fully saturated rings. The van der Waals surface area contributed by atoms with Crippen molar-refractivity contribution < 1.29 is 28.5 Å². The summed E-state index contributed by atoms with van der Waals surface area (Å²) in [4.78, 5) is 12.9. The first-order chi connectivity index (χ1) is 14.5. The molecule has 2 aromatic carbocycles. The molecule has 1 aliphatic heterocycles. The van der Waals surface area contributed by atoms with E-state index in [0.29, 0.717) is 36.2 Å². The SMILES string of the molecule is COc1cc(CC(=O)NC(c2ccc3c(c2)OCCO3)C(C)C)cc(OC)c1OC. The Morgan fingerprint density at radius 1 is 0.967 bits per heavy atom. The van der Waals surface area contributed by atoms with Gasteiger partial charge in [-0.05, 0) is 41.3 Å². The van der Waals surface area contributed by atoms with Gasteiger partial charge in [-0.3, -0.25) is 4.79 Å². The number of amides is 1. The maximum absolute atomic E-state index is 12.9. The number of ether oxygens (including phenoxy) is 5. The molecule has 0 radical (unpaired) electrons. The molecule has 0 aromatic heterocycles. The second kappa shape index (κ2) is 9.61. The van der Waals surface area contributed by atoms with Crippen LogP contribution < -0.4 is 29.0 Å². The molecule has 0 spiro atoms. The van der Waals surface area contributed by atoms with E-state index in [1.807, 2.05) is 18.2 Å². The topological polar surface area (TPSA) is 75.3 Å². The number of benzene rings is 2. The molecule has 0 saturated carbocycles. The van der Waals surface area contributed by atoms with Gasteiger partial charge in [0.05, 0.1) is 33.8 Å². The minimum Gasteiger partial charge on any atom is -0.493 e. The van der Waals surface area contributed by atoms with Crippen molar-refractivity contribution in [3.05, 3.63) is 41.5 Å². The van der Waals surface area contributed by atoms with Gasteiger partial charge in [0.2, 0.25) is 11.7 Å². The number of carbonyl (C=O) groups is 1. The minimum atomic E-state index is -0.157. The summed E-state index contributed by atoms with van der Waals surface area (Å²) >= 11 is 0. The van der Waals surface area contributed by atoms with E-state index in [0.717, 1.165) is 16.9 Å². The molecule has 1 atom stereocenters. The molecule has 0 saturated heterocycles. The van der Waals surface area contributed by atoms with Crippen LogP contribution in [0.15, 0.2) is 30.3 Å². The van der Waals surface area contributed by atoms with Gasteiger partial charge in [0.15, 0.2) is 23.0 Å². The molecule has 30 heavy (non-hydrogen) atoms. The molecule has 1 N–H and O–H groups in total. The van der Waals surface area contributed by atoms with E-state index in [2.05, 4.69) is 19.2 Å². The van der Waals surface area contributed by atoms with Crippen LogP contribution in [0.4, 0.5) is 0 Å². The van der Waals surface area contributed by atoms with Crippen molar-refractivity contribution in [2.75, 3.05) is 34.5 Å². The monoisotopic (exact) mass is 415 g/mol. The summed E-state index contributed by atoms with van der Waals surface area (Å²) in [5, 5.41) is 3.14. The number of hydrogen-bond acceptors (Lipinski definition) is 6. The molecule has 1 heterocycles. The van der Waals surface area contributed by atoms with Gasteiger partial charge in [0, 0.05) is 0 Å². The lowest BCUT2D eigenvalue weighted by atomic mass is 9.95. The predicted octanol–water partition coefficient (Wildman–Crippen LogP) is 3.54. The number of methoxy groups -OCH3 is 3. The Hall–Kier alpha value is -3.09. The highest BCUT2D eigenvalue weighted by atomic mass is 16.6. The second-order valence-electron chi connectivity index (χ2n) is 7.40. The molecule has 1 unspecified atom stereocenters. The van der Waals surface area contributed by atoms with Crippen molar-refractivity contribution in [3.63, 3.8) is 0 Å². The van der Waals surface area contributed by atoms with Crippen molar-refractivity contribution >= 4 is 5.91 Å². The Kier molecular flexibility index (Phi) is 6.92. The van der Waals surface area contributed by atoms with Gasteiger partial charge < -0.3 is 29.0 Å². The summed E-state index contributed by atoms with van der Waals surface area (Å²) in [5.74, 6) is 3.08. The van der Waals surface area contributed by atoms with E-state index in [1.54, 1.807) is 33.5 Å². The lowest BCUT2D eigenvalue weighted by Crippen LogP contribution is -2.33. The first-order valence-corrected chi connectivity index (χ1v) is 9.94. The lowest BCUT2D eigenvalue weighted by Gasteiger charge is -2.25. The molecule has 7 heteroatoms. The van der Waals surface area contributed by atoms with E-state index in [4.69, 9.17) is 23.7 Å². The fraction of sp³-hybridized carbons (Fsp3) is 0.435. The van der Waals surface area contributed by atoms with Crippen LogP contribution in [-0.4, -0.2) is 40.5 Å². The fourth-order valence-electron chi connectivity index (χ4n) is 3.54. The minimum absolute atomic E-state index is 0.0992. The third kappa shape index (κ3) is 4.72. The smallest absolute Gasteiger partial charge is 0.224 e. The van der Waals surface area contributed by atoms with Crippen molar-refractivity contribution in [1.29, 1.82) is 0 Å². The van der Waals surface area contributed by atoms with Gasteiger partial charge >= 0.3 is 0 Å². The molecule has 0 bridgehead atoms. The molecule has 0 aliphatic carbocycles. The quantitative estimate of drug-likeness (QED) is 0.711. The maximum Gasteiger partial charge on any atom is 0.224 e. The van der Waals surface area contributed by atoms with E-state index < -0.39 is 0 Å². The molecule has 1 aliphatic rings. The summed E-state index contributed by atoms with van der Waals surface area (Å²) in [6.45, 7) is 5.21. The molecule has 1 amide bonds. The Balaban J connectivity index is 1.78. The Bertz CT molecular complexity index is 870. The standard InChI is InChI=1S/C23H29NO6/c1-14(2)22(16-6-7-17-18(13-16)30-9-8-29-17)24-21(25)12-15-10-19(26-3)23(28-5)20(11-15)27-4/h6-7,10-11,13-14,22H,8-9,12H2,1-5H3,(H,24,25). The second-order valence-corrected chi connectivity index (χ2v) is 7.40. The highest BCUT2D eigenvalue weighted by Crippen LogP contribution is 2.38. The Morgan fingerprint density at radius 2 is 1.60 bits per heavy atom. The highest BCUT2D eigenvalue weighted by molar-refractivity contribution is 5.79.